The molecule has 6 heteroatoms. The van der Waals surface area contributed by atoms with Crippen molar-refractivity contribution in [2.75, 3.05) is 7.11 Å². The van der Waals surface area contributed by atoms with E-state index in [-0.39, 0.29) is 10.4 Å². The number of ether oxygens (including phenoxy) is 1. The van der Waals surface area contributed by atoms with Crippen LogP contribution >= 0.6 is 15.9 Å². The van der Waals surface area contributed by atoms with Gasteiger partial charge in [0, 0.05) is 0 Å². The highest BCUT2D eigenvalue weighted by atomic mass is 79.9. The van der Waals surface area contributed by atoms with Crippen molar-refractivity contribution in [2.24, 2.45) is 0 Å². The molecular formula is C7H5BrF3NO. The molecule has 1 rings (SSSR count). The van der Waals surface area contributed by atoms with Gasteiger partial charge in [0.2, 0.25) is 0 Å². The van der Waals surface area contributed by atoms with E-state index in [0.29, 0.717) is 0 Å². The number of methoxy groups -OCH3 is 1. The molecule has 0 atom stereocenters. The van der Waals surface area contributed by atoms with Crippen molar-refractivity contribution in [1.82, 2.24) is 4.98 Å². The van der Waals surface area contributed by atoms with Crippen LogP contribution in [0.1, 0.15) is 5.69 Å². The Morgan fingerprint density at radius 2 is 2.00 bits per heavy atom. The fraction of sp³-hybridized carbons (Fsp3) is 0.286. The van der Waals surface area contributed by atoms with Crippen LogP contribution < -0.4 is 4.74 Å². The lowest BCUT2D eigenvalue weighted by atomic mass is 10.3. The Morgan fingerprint density at radius 1 is 1.38 bits per heavy atom. The average Bonchev–Trinajstić information content (AvgIpc) is 2.02. The van der Waals surface area contributed by atoms with E-state index >= 15 is 0 Å². The van der Waals surface area contributed by atoms with Gasteiger partial charge in [-0.05, 0) is 28.1 Å². The summed E-state index contributed by atoms with van der Waals surface area (Å²) < 4.78 is 41.0. The first-order valence-electron chi connectivity index (χ1n) is 3.23. The van der Waals surface area contributed by atoms with Crippen LogP contribution in [0.2, 0.25) is 0 Å². The summed E-state index contributed by atoms with van der Waals surface area (Å²) in [5.41, 5.74) is -0.944. The minimum atomic E-state index is -4.42. The fourth-order valence-corrected chi connectivity index (χ4v) is 1.22. The molecule has 1 aromatic rings. The molecule has 0 aliphatic rings. The Balaban J connectivity index is 3.10. The van der Waals surface area contributed by atoms with Crippen LogP contribution in [0.4, 0.5) is 13.2 Å². The van der Waals surface area contributed by atoms with Gasteiger partial charge in [-0.2, -0.15) is 13.2 Å². The normalized spacial score (nSPS) is 11.5. The van der Waals surface area contributed by atoms with E-state index in [1.54, 1.807) is 0 Å². The zero-order valence-electron chi connectivity index (χ0n) is 6.52. The first-order valence-corrected chi connectivity index (χ1v) is 4.02. The molecule has 0 fully saturated rings. The van der Waals surface area contributed by atoms with Gasteiger partial charge in [0.25, 0.3) is 0 Å². The highest BCUT2D eigenvalue weighted by molar-refractivity contribution is 9.10. The lowest BCUT2D eigenvalue weighted by molar-refractivity contribution is -0.141. The maximum atomic E-state index is 12.1. The van der Waals surface area contributed by atoms with Gasteiger partial charge >= 0.3 is 6.18 Å². The lowest BCUT2D eigenvalue weighted by Gasteiger charge is -2.07. The van der Waals surface area contributed by atoms with Crippen molar-refractivity contribution in [2.45, 2.75) is 6.18 Å². The predicted octanol–water partition coefficient (Wildman–Crippen LogP) is 2.87. The third-order valence-electron chi connectivity index (χ3n) is 1.32. The van der Waals surface area contributed by atoms with Gasteiger partial charge in [-0.3, -0.25) is 0 Å². The molecule has 2 nitrogen and oxygen atoms in total. The van der Waals surface area contributed by atoms with Crippen molar-refractivity contribution in [3.8, 4) is 5.75 Å². The van der Waals surface area contributed by atoms with Gasteiger partial charge in [-0.25, -0.2) is 4.98 Å². The molecule has 0 amide bonds. The largest absolute Gasteiger partial charge is 0.494 e. The van der Waals surface area contributed by atoms with Crippen molar-refractivity contribution in [3.63, 3.8) is 0 Å². The summed E-state index contributed by atoms with van der Waals surface area (Å²) in [4.78, 5) is 3.28. The molecule has 0 N–H and O–H groups in total. The molecule has 13 heavy (non-hydrogen) atoms. The van der Waals surface area contributed by atoms with Crippen LogP contribution in [-0.2, 0) is 6.18 Å². The molecule has 1 heterocycles. The smallest absolute Gasteiger partial charge is 0.433 e. The Labute approximate surface area is 80.9 Å². The molecule has 0 spiro atoms. The van der Waals surface area contributed by atoms with Crippen molar-refractivity contribution in [1.29, 1.82) is 0 Å². The second kappa shape index (κ2) is 3.53. The quantitative estimate of drug-likeness (QED) is 0.721. The monoisotopic (exact) mass is 255 g/mol. The van der Waals surface area contributed by atoms with Crippen LogP contribution in [0, 0.1) is 0 Å². The van der Waals surface area contributed by atoms with Gasteiger partial charge in [-0.1, -0.05) is 0 Å². The molecular weight excluding hydrogens is 251 g/mol. The van der Waals surface area contributed by atoms with E-state index in [2.05, 4.69) is 20.9 Å². The predicted molar refractivity (Wildman–Crippen MR) is 43.5 cm³/mol. The van der Waals surface area contributed by atoms with Crippen LogP contribution in [0.5, 0.6) is 5.75 Å². The molecule has 1 aromatic heterocycles. The highest BCUT2D eigenvalue weighted by Crippen LogP contribution is 2.31. The van der Waals surface area contributed by atoms with Crippen molar-refractivity contribution < 1.29 is 17.9 Å². The molecule has 0 radical (unpaired) electrons. The number of pyridine rings is 1. The minimum absolute atomic E-state index is 0.0461. The van der Waals surface area contributed by atoms with E-state index in [1.807, 2.05) is 0 Å². The molecule has 72 valence electrons. The number of aromatic nitrogens is 1. The summed E-state index contributed by atoms with van der Waals surface area (Å²) >= 11 is 2.86. The van der Waals surface area contributed by atoms with E-state index < -0.39 is 11.9 Å². The Kier molecular flexibility index (Phi) is 2.80. The Hall–Kier alpha value is -0.780. The van der Waals surface area contributed by atoms with E-state index in [4.69, 9.17) is 4.74 Å². The summed E-state index contributed by atoms with van der Waals surface area (Å²) in [5.74, 6) is 0.271. The molecule has 0 unspecified atom stereocenters. The zero-order chi connectivity index (χ0) is 10.1. The second-order valence-corrected chi connectivity index (χ2v) is 2.94. The van der Waals surface area contributed by atoms with Crippen molar-refractivity contribution >= 4 is 15.9 Å². The number of alkyl halides is 3. The molecule has 0 aliphatic heterocycles. The number of hydrogen-bond donors (Lipinski definition) is 0. The zero-order valence-corrected chi connectivity index (χ0v) is 8.11. The van der Waals surface area contributed by atoms with E-state index in [1.165, 1.54) is 13.2 Å². The Morgan fingerprint density at radius 3 is 2.38 bits per heavy atom. The molecule has 0 aromatic carbocycles. The van der Waals surface area contributed by atoms with Crippen LogP contribution in [0.25, 0.3) is 0 Å². The number of rotatable bonds is 1. The van der Waals surface area contributed by atoms with Gasteiger partial charge < -0.3 is 4.74 Å². The van der Waals surface area contributed by atoms with Crippen LogP contribution in [0.3, 0.4) is 0 Å². The molecule has 0 saturated carbocycles. The van der Waals surface area contributed by atoms with Crippen LogP contribution in [0.15, 0.2) is 16.7 Å². The van der Waals surface area contributed by atoms with E-state index in [9.17, 15) is 13.2 Å². The Bertz CT molecular complexity index is 313. The van der Waals surface area contributed by atoms with Crippen LogP contribution in [-0.4, -0.2) is 12.1 Å². The third-order valence-corrected chi connectivity index (χ3v) is 1.89. The summed E-state index contributed by atoms with van der Waals surface area (Å²) in [6.45, 7) is 0. The van der Waals surface area contributed by atoms with Crippen molar-refractivity contribution in [3.05, 3.63) is 22.4 Å². The summed E-state index contributed by atoms with van der Waals surface area (Å²) in [6.07, 6.45) is -4.42. The second-order valence-electron chi connectivity index (χ2n) is 2.19. The molecule has 0 saturated heterocycles. The molecule has 0 aliphatic carbocycles. The van der Waals surface area contributed by atoms with E-state index in [0.717, 1.165) is 6.07 Å². The average molecular weight is 256 g/mol. The summed E-state index contributed by atoms with van der Waals surface area (Å²) in [5, 5.41) is 0. The maximum Gasteiger partial charge on any atom is 0.433 e. The first kappa shape index (κ1) is 10.3. The van der Waals surface area contributed by atoms with Gasteiger partial charge in [0.05, 0.1) is 7.11 Å². The summed E-state index contributed by atoms with van der Waals surface area (Å²) in [6, 6.07) is 2.07. The third kappa shape index (κ3) is 2.33. The topological polar surface area (TPSA) is 22.1 Å². The van der Waals surface area contributed by atoms with Gasteiger partial charge in [-0.15, -0.1) is 0 Å². The standard InChI is InChI=1S/C7H5BrF3NO/c1-13-4-2-3-5(7(9,10)11)12-6(4)8/h2-3H,1H3. The number of halogens is 4. The van der Waals surface area contributed by atoms with Gasteiger partial charge in [0.1, 0.15) is 10.3 Å². The fourth-order valence-electron chi connectivity index (χ4n) is 0.732. The lowest BCUT2D eigenvalue weighted by Crippen LogP contribution is -2.08. The van der Waals surface area contributed by atoms with Gasteiger partial charge in [0.15, 0.2) is 5.75 Å². The molecule has 0 bridgehead atoms. The SMILES string of the molecule is COc1ccc(C(F)(F)F)nc1Br. The number of hydrogen-bond acceptors (Lipinski definition) is 2. The number of nitrogens with zero attached hydrogens (tertiary/aromatic N) is 1. The maximum absolute atomic E-state index is 12.1. The minimum Gasteiger partial charge on any atom is -0.494 e. The summed E-state index contributed by atoms with van der Waals surface area (Å²) in [7, 11) is 1.36. The highest BCUT2D eigenvalue weighted by Gasteiger charge is 2.32. The first-order chi connectivity index (χ1) is 5.95.